The van der Waals surface area contributed by atoms with Crippen molar-refractivity contribution < 1.29 is 23.4 Å². The van der Waals surface area contributed by atoms with Crippen LogP contribution in [0, 0.1) is 5.92 Å². The molecular formula is C22H24F3NO2S. The molecule has 0 fully saturated rings. The van der Waals surface area contributed by atoms with Gasteiger partial charge in [0.05, 0.1) is 5.69 Å². The molecule has 0 radical (unpaired) electrons. The molecule has 0 amide bonds. The maximum atomic E-state index is 13.9. The first-order valence-electron chi connectivity index (χ1n) is 9.34. The van der Waals surface area contributed by atoms with E-state index in [-0.39, 0.29) is 11.7 Å². The molecule has 2 atom stereocenters. The normalized spacial score (nSPS) is 19.3. The molecule has 3 nitrogen and oxygen atoms in total. The van der Waals surface area contributed by atoms with E-state index in [1.54, 1.807) is 55.8 Å². The lowest BCUT2D eigenvalue weighted by atomic mass is 9.72. The molecule has 0 saturated carbocycles. The summed E-state index contributed by atoms with van der Waals surface area (Å²) < 4.78 is 41.7. The molecule has 0 spiro atoms. The fraction of sp³-hybridized carbons (Fsp3) is 0.409. The number of rotatable bonds is 6. The number of alkyl halides is 3. The zero-order valence-corrected chi connectivity index (χ0v) is 17.1. The van der Waals surface area contributed by atoms with Crippen molar-refractivity contribution >= 4 is 11.8 Å². The summed E-state index contributed by atoms with van der Waals surface area (Å²) in [6.07, 6.45) is -2.39. The molecule has 1 aliphatic rings. The summed E-state index contributed by atoms with van der Waals surface area (Å²) in [5.74, 6) is 0.0885. The minimum absolute atomic E-state index is 0.101. The second-order valence-corrected chi connectivity index (χ2v) is 9.10. The van der Waals surface area contributed by atoms with Gasteiger partial charge in [0.15, 0.2) is 5.60 Å². The van der Waals surface area contributed by atoms with Crippen molar-refractivity contribution in [2.45, 2.75) is 43.9 Å². The average molecular weight is 424 g/mol. The summed E-state index contributed by atoms with van der Waals surface area (Å²) in [6.45, 7) is 3.22. The highest BCUT2D eigenvalue weighted by molar-refractivity contribution is 8.02. The van der Waals surface area contributed by atoms with Crippen molar-refractivity contribution in [1.29, 1.82) is 0 Å². The fourth-order valence-electron chi connectivity index (χ4n) is 3.85. The van der Waals surface area contributed by atoms with Crippen LogP contribution in [0.25, 0.3) is 11.3 Å². The third-order valence-corrected chi connectivity index (χ3v) is 6.28. The van der Waals surface area contributed by atoms with Gasteiger partial charge in [0.25, 0.3) is 0 Å². The largest absolute Gasteiger partial charge is 0.508 e. The first-order chi connectivity index (χ1) is 13.5. The van der Waals surface area contributed by atoms with E-state index < -0.39 is 30.0 Å². The topological polar surface area (TPSA) is 53.4 Å². The van der Waals surface area contributed by atoms with Crippen molar-refractivity contribution in [2.75, 3.05) is 5.75 Å². The molecule has 29 heavy (non-hydrogen) atoms. The van der Waals surface area contributed by atoms with Crippen LogP contribution in [-0.4, -0.2) is 32.7 Å². The summed E-state index contributed by atoms with van der Waals surface area (Å²) in [5, 5.41) is 22.9. The Bertz CT molecular complexity index is 883. The Morgan fingerprint density at radius 2 is 1.93 bits per heavy atom. The van der Waals surface area contributed by atoms with Gasteiger partial charge in [0.2, 0.25) is 0 Å². The van der Waals surface area contributed by atoms with E-state index in [4.69, 9.17) is 0 Å². The molecule has 2 heterocycles. The quantitative estimate of drug-likeness (QED) is 0.627. The zero-order chi connectivity index (χ0) is 21.3. The number of aromatic nitrogens is 1. The monoisotopic (exact) mass is 423 g/mol. The predicted octanol–water partition coefficient (Wildman–Crippen LogP) is 5.68. The standard InChI is InChI=1S/C22H24F3NO2S/c1-20(2,14-21(28,22(23,24)25)12-15-8-10-29-13-15)17-11-16(6-7-19(17)27)18-5-3-4-9-26-18/h3-11,15,27-28H,12-14H2,1-2H3. The van der Waals surface area contributed by atoms with Crippen LogP contribution in [0.2, 0.25) is 0 Å². The highest BCUT2D eigenvalue weighted by Crippen LogP contribution is 2.47. The Labute approximate surface area is 172 Å². The number of aliphatic hydroxyl groups is 1. The van der Waals surface area contributed by atoms with E-state index in [1.165, 1.54) is 17.8 Å². The minimum Gasteiger partial charge on any atom is -0.508 e. The molecule has 2 unspecified atom stereocenters. The first-order valence-corrected chi connectivity index (χ1v) is 10.4. The fourth-order valence-corrected chi connectivity index (χ4v) is 4.77. The SMILES string of the molecule is CC(C)(CC(O)(CC1C=CSC1)C(F)(F)F)c1cc(-c2ccccn2)ccc1O. The number of phenolic OH excluding ortho intramolecular Hbond substituents is 1. The lowest BCUT2D eigenvalue weighted by molar-refractivity contribution is -0.271. The lowest BCUT2D eigenvalue weighted by Crippen LogP contribution is -2.50. The maximum absolute atomic E-state index is 13.9. The van der Waals surface area contributed by atoms with Crippen LogP contribution >= 0.6 is 11.8 Å². The number of hydrogen-bond donors (Lipinski definition) is 2. The Morgan fingerprint density at radius 1 is 1.17 bits per heavy atom. The van der Waals surface area contributed by atoms with Gasteiger partial charge in [-0.05, 0) is 59.9 Å². The summed E-state index contributed by atoms with van der Waals surface area (Å²) in [6, 6.07) is 10.2. The predicted molar refractivity (Wildman–Crippen MR) is 110 cm³/mol. The van der Waals surface area contributed by atoms with Crippen molar-refractivity contribution in [3.63, 3.8) is 0 Å². The van der Waals surface area contributed by atoms with Crippen molar-refractivity contribution in [3.8, 4) is 17.0 Å². The average Bonchev–Trinajstić information content (AvgIpc) is 3.14. The third kappa shape index (κ3) is 4.78. The number of benzene rings is 1. The summed E-state index contributed by atoms with van der Waals surface area (Å²) in [4.78, 5) is 4.26. The second-order valence-electron chi connectivity index (χ2n) is 8.16. The number of allylic oxidation sites excluding steroid dienone is 1. The molecule has 7 heteroatoms. The van der Waals surface area contributed by atoms with Crippen molar-refractivity contribution in [2.24, 2.45) is 5.92 Å². The van der Waals surface area contributed by atoms with E-state index in [0.717, 1.165) is 0 Å². The van der Waals surface area contributed by atoms with Crippen molar-refractivity contribution in [1.82, 2.24) is 4.98 Å². The van der Waals surface area contributed by atoms with E-state index >= 15 is 0 Å². The molecule has 1 aliphatic heterocycles. The highest BCUT2D eigenvalue weighted by Gasteiger charge is 2.56. The Hall–Kier alpha value is -1.99. The van der Waals surface area contributed by atoms with E-state index in [0.29, 0.717) is 22.6 Å². The van der Waals surface area contributed by atoms with E-state index in [1.807, 2.05) is 6.07 Å². The molecule has 2 aromatic rings. The molecule has 0 saturated heterocycles. The number of halogens is 3. The van der Waals surface area contributed by atoms with Gasteiger partial charge < -0.3 is 10.2 Å². The molecule has 1 aromatic heterocycles. The van der Waals surface area contributed by atoms with Crippen LogP contribution in [0.1, 0.15) is 32.3 Å². The van der Waals surface area contributed by atoms with Gasteiger partial charge in [-0.2, -0.15) is 13.2 Å². The number of nitrogens with zero attached hydrogens (tertiary/aromatic N) is 1. The van der Waals surface area contributed by atoms with Gasteiger partial charge in [-0.1, -0.05) is 26.0 Å². The van der Waals surface area contributed by atoms with Gasteiger partial charge in [-0.3, -0.25) is 4.98 Å². The van der Waals surface area contributed by atoms with Gasteiger partial charge in [-0.25, -0.2) is 0 Å². The van der Waals surface area contributed by atoms with Gasteiger partial charge in [0.1, 0.15) is 5.75 Å². The number of thioether (sulfide) groups is 1. The maximum Gasteiger partial charge on any atom is 0.417 e. The van der Waals surface area contributed by atoms with Crippen LogP contribution in [0.3, 0.4) is 0 Å². The first kappa shape index (κ1) is 21.7. The summed E-state index contributed by atoms with van der Waals surface area (Å²) in [7, 11) is 0. The van der Waals surface area contributed by atoms with Gasteiger partial charge in [-0.15, -0.1) is 11.8 Å². The number of hydrogen-bond acceptors (Lipinski definition) is 4. The van der Waals surface area contributed by atoms with Crippen LogP contribution in [0.15, 0.2) is 54.1 Å². The molecular weight excluding hydrogens is 399 g/mol. The Balaban J connectivity index is 1.95. The van der Waals surface area contributed by atoms with Gasteiger partial charge >= 0.3 is 6.18 Å². The lowest BCUT2D eigenvalue weighted by Gasteiger charge is -2.39. The number of aromatic hydroxyl groups is 1. The molecule has 1 aromatic carbocycles. The van der Waals surface area contributed by atoms with E-state index in [2.05, 4.69) is 4.98 Å². The summed E-state index contributed by atoms with van der Waals surface area (Å²) in [5.41, 5.74) is -2.29. The van der Waals surface area contributed by atoms with Crippen LogP contribution in [-0.2, 0) is 5.41 Å². The number of phenols is 1. The molecule has 3 rings (SSSR count). The molecule has 0 aliphatic carbocycles. The van der Waals surface area contributed by atoms with Crippen LogP contribution in [0.4, 0.5) is 13.2 Å². The molecule has 2 N–H and O–H groups in total. The molecule has 156 valence electrons. The molecule has 0 bridgehead atoms. The van der Waals surface area contributed by atoms with E-state index in [9.17, 15) is 23.4 Å². The second kappa shape index (κ2) is 8.03. The van der Waals surface area contributed by atoms with Crippen molar-refractivity contribution in [3.05, 3.63) is 59.6 Å². The highest BCUT2D eigenvalue weighted by atomic mass is 32.2. The Morgan fingerprint density at radius 3 is 2.52 bits per heavy atom. The van der Waals surface area contributed by atoms with Crippen LogP contribution < -0.4 is 0 Å². The summed E-state index contributed by atoms with van der Waals surface area (Å²) >= 11 is 1.44. The number of pyridine rings is 1. The minimum atomic E-state index is -4.78. The zero-order valence-electron chi connectivity index (χ0n) is 16.3. The van der Waals surface area contributed by atoms with Gasteiger partial charge in [0, 0.05) is 23.1 Å². The Kier molecular flexibility index (Phi) is 6.01. The van der Waals surface area contributed by atoms with Crippen LogP contribution in [0.5, 0.6) is 5.75 Å². The smallest absolute Gasteiger partial charge is 0.417 e. The third-order valence-electron chi connectivity index (χ3n) is 5.31.